The van der Waals surface area contributed by atoms with Gasteiger partial charge in [-0.05, 0) is 47.6 Å². The molecule has 44 heavy (non-hydrogen) atoms. The van der Waals surface area contributed by atoms with E-state index in [9.17, 15) is 0 Å². The van der Waals surface area contributed by atoms with Crippen LogP contribution in [0.3, 0.4) is 0 Å². The lowest BCUT2D eigenvalue weighted by Gasteiger charge is -2.11. The number of nitrogens with zero attached hydrogens (tertiary/aromatic N) is 4. The Morgan fingerprint density at radius 2 is 0.932 bits per heavy atom. The molecule has 7 rings (SSSR count). The Balaban J connectivity index is 1.27. The highest BCUT2D eigenvalue weighted by Crippen LogP contribution is 2.35. The van der Waals surface area contributed by atoms with E-state index in [1.54, 1.807) is 0 Å². The van der Waals surface area contributed by atoms with Gasteiger partial charge >= 0.3 is 0 Å². The van der Waals surface area contributed by atoms with E-state index in [1.807, 2.05) is 78.9 Å². The van der Waals surface area contributed by atoms with Crippen molar-refractivity contribution in [3.63, 3.8) is 0 Å². The van der Waals surface area contributed by atoms with E-state index in [-0.39, 0.29) is 0 Å². The number of hydrogen-bond donors (Lipinski definition) is 0. The summed E-state index contributed by atoms with van der Waals surface area (Å²) in [6.07, 6.45) is 0. The van der Waals surface area contributed by atoms with Gasteiger partial charge in [0.1, 0.15) is 0 Å². The Bertz CT molecular complexity index is 2040. The predicted octanol–water partition coefficient (Wildman–Crippen LogP) is 10.1. The number of rotatable bonds is 6. The first-order chi connectivity index (χ1) is 21.6. The number of aryl methyl sites for hydroxylation is 1. The molecule has 0 radical (unpaired) electrons. The van der Waals surface area contributed by atoms with Crippen molar-refractivity contribution in [2.75, 3.05) is 0 Å². The molecule has 0 saturated heterocycles. The van der Waals surface area contributed by atoms with Gasteiger partial charge in [-0.2, -0.15) is 0 Å². The van der Waals surface area contributed by atoms with Crippen LogP contribution in [0.4, 0.5) is 5.69 Å². The average Bonchev–Trinajstić information content (AvgIpc) is 3.10. The molecule has 210 valence electrons. The van der Waals surface area contributed by atoms with E-state index in [0.29, 0.717) is 17.5 Å². The third-order valence-electron chi connectivity index (χ3n) is 7.84. The van der Waals surface area contributed by atoms with Gasteiger partial charge in [-0.1, -0.05) is 140 Å². The standard InChI is InChI=1S/C40H30N4/c1-27-18-19-31-22-25-35(26-36(31)37(27)41-28(2)29-12-6-3-7-13-29)30-20-23-34(24-21-30)40-43-38(32-14-8-4-9-15-32)42-39(44-40)33-16-10-5-11-17-33/h3-26H,1-2H3/b41-28+. The second-order valence-corrected chi connectivity index (χ2v) is 10.8. The first-order valence-electron chi connectivity index (χ1n) is 14.7. The molecule has 0 N–H and O–H groups in total. The Kier molecular flexibility index (Phi) is 7.31. The van der Waals surface area contributed by atoms with Gasteiger partial charge in [0.05, 0.1) is 5.69 Å². The second kappa shape index (κ2) is 11.9. The molecule has 0 aliphatic rings. The first kappa shape index (κ1) is 27.1. The quantitative estimate of drug-likeness (QED) is 0.188. The van der Waals surface area contributed by atoms with Crippen LogP contribution in [0.1, 0.15) is 18.1 Å². The highest BCUT2D eigenvalue weighted by atomic mass is 15.0. The Morgan fingerprint density at radius 3 is 1.50 bits per heavy atom. The molecular formula is C40H30N4. The van der Waals surface area contributed by atoms with Gasteiger partial charge in [-0.3, -0.25) is 4.99 Å². The molecule has 0 unspecified atom stereocenters. The molecule has 1 heterocycles. The highest BCUT2D eigenvalue weighted by Gasteiger charge is 2.13. The monoisotopic (exact) mass is 566 g/mol. The van der Waals surface area contributed by atoms with Crippen molar-refractivity contribution < 1.29 is 0 Å². The van der Waals surface area contributed by atoms with Gasteiger partial charge in [0.2, 0.25) is 0 Å². The van der Waals surface area contributed by atoms with E-state index < -0.39 is 0 Å². The lowest BCUT2D eigenvalue weighted by molar-refractivity contribution is 1.07. The summed E-state index contributed by atoms with van der Waals surface area (Å²) in [6, 6.07) is 49.8. The molecule has 0 bridgehead atoms. The van der Waals surface area contributed by atoms with Crippen LogP contribution in [0.5, 0.6) is 0 Å². The van der Waals surface area contributed by atoms with Crippen LogP contribution in [0.2, 0.25) is 0 Å². The number of fused-ring (bicyclic) bond motifs is 1. The van der Waals surface area contributed by atoms with E-state index in [2.05, 4.69) is 80.6 Å². The van der Waals surface area contributed by atoms with Gasteiger partial charge in [0.15, 0.2) is 17.5 Å². The largest absolute Gasteiger partial charge is 0.252 e. The fourth-order valence-corrected chi connectivity index (χ4v) is 5.40. The Hall–Kier alpha value is -5.74. The van der Waals surface area contributed by atoms with E-state index in [0.717, 1.165) is 55.7 Å². The van der Waals surface area contributed by atoms with Crippen LogP contribution in [0.25, 0.3) is 56.1 Å². The van der Waals surface area contributed by atoms with Gasteiger partial charge < -0.3 is 0 Å². The van der Waals surface area contributed by atoms with Crippen molar-refractivity contribution in [1.82, 2.24) is 15.0 Å². The maximum atomic E-state index is 5.11. The predicted molar refractivity (Wildman–Crippen MR) is 182 cm³/mol. The summed E-state index contributed by atoms with van der Waals surface area (Å²) in [5.41, 5.74) is 9.38. The minimum atomic E-state index is 0.645. The zero-order chi connectivity index (χ0) is 29.9. The van der Waals surface area contributed by atoms with Crippen LogP contribution in [-0.4, -0.2) is 20.7 Å². The maximum absolute atomic E-state index is 5.11. The lowest BCUT2D eigenvalue weighted by atomic mass is 9.97. The van der Waals surface area contributed by atoms with Crippen LogP contribution in [0, 0.1) is 6.92 Å². The molecule has 7 aromatic rings. The van der Waals surface area contributed by atoms with E-state index in [4.69, 9.17) is 19.9 Å². The summed E-state index contributed by atoms with van der Waals surface area (Å²) in [4.78, 5) is 19.7. The van der Waals surface area contributed by atoms with Crippen molar-refractivity contribution in [3.8, 4) is 45.3 Å². The minimum Gasteiger partial charge on any atom is -0.252 e. The molecule has 4 heteroatoms. The van der Waals surface area contributed by atoms with Gasteiger partial charge in [0.25, 0.3) is 0 Å². The van der Waals surface area contributed by atoms with Gasteiger partial charge in [0, 0.05) is 27.8 Å². The molecule has 4 nitrogen and oxygen atoms in total. The van der Waals surface area contributed by atoms with Crippen molar-refractivity contribution in [3.05, 3.63) is 157 Å². The molecular weight excluding hydrogens is 536 g/mol. The lowest BCUT2D eigenvalue weighted by Crippen LogP contribution is -2.00. The number of benzene rings is 6. The third kappa shape index (κ3) is 5.53. The van der Waals surface area contributed by atoms with Crippen LogP contribution in [0.15, 0.2) is 151 Å². The summed E-state index contributed by atoms with van der Waals surface area (Å²) in [7, 11) is 0. The smallest absolute Gasteiger partial charge is 0.164 e. The summed E-state index contributed by atoms with van der Waals surface area (Å²) in [6.45, 7) is 4.20. The third-order valence-corrected chi connectivity index (χ3v) is 7.84. The van der Waals surface area contributed by atoms with Crippen molar-refractivity contribution in [2.45, 2.75) is 13.8 Å². The molecule has 0 aliphatic carbocycles. The zero-order valence-electron chi connectivity index (χ0n) is 24.6. The second-order valence-electron chi connectivity index (χ2n) is 10.8. The molecule has 6 aromatic carbocycles. The summed E-state index contributed by atoms with van der Waals surface area (Å²) in [5, 5.41) is 2.31. The molecule has 0 amide bonds. The highest BCUT2D eigenvalue weighted by molar-refractivity contribution is 6.04. The number of aliphatic imine (C=N–C) groups is 1. The Labute approximate surface area is 257 Å². The molecule has 1 aromatic heterocycles. The first-order valence-corrected chi connectivity index (χ1v) is 14.7. The van der Waals surface area contributed by atoms with Crippen molar-refractivity contribution in [2.24, 2.45) is 4.99 Å². The van der Waals surface area contributed by atoms with Gasteiger partial charge in [-0.25, -0.2) is 15.0 Å². The van der Waals surface area contributed by atoms with Crippen molar-refractivity contribution >= 4 is 22.2 Å². The SMILES string of the molecule is C/C(=N\c1c(C)ccc2ccc(-c3ccc(-c4nc(-c5ccccc5)nc(-c5ccccc5)n4)cc3)cc12)c1ccccc1. The van der Waals surface area contributed by atoms with E-state index >= 15 is 0 Å². The fraction of sp³-hybridized carbons (Fsp3) is 0.0500. The van der Waals surface area contributed by atoms with Crippen molar-refractivity contribution in [1.29, 1.82) is 0 Å². The molecule has 0 spiro atoms. The topological polar surface area (TPSA) is 51.0 Å². The molecule has 0 saturated carbocycles. The summed E-state index contributed by atoms with van der Waals surface area (Å²) in [5.74, 6) is 1.95. The zero-order valence-corrected chi connectivity index (χ0v) is 24.6. The molecule has 0 fully saturated rings. The minimum absolute atomic E-state index is 0.645. The van der Waals surface area contributed by atoms with Crippen LogP contribution < -0.4 is 0 Å². The van der Waals surface area contributed by atoms with E-state index in [1.165, 1.54) is 5.39 Å². The number of hydrogen-bond acceptors (Lipinski definition) is 4. The van der Waals surface area contributed by atoms with Gasteiger partial charge in [-0.15, -0.1) is 0 Å². The molecule has 0 atom stereocenters. The molecule has 0 aliphatic heterocycles. The maximum Gasteiger partial charge on any atom is 0.164 e. The average molecular weight is 567 g/mol. The Morgan fingerprint density at radius 1 is 0.477 bits per heavy atom. The normalized spacial score (nSPS) is 11.5. The van der Waals surface area contributed by atoms with Crippen LogP contribution >= 0.6 is 0 Å². The summed E-state index contributed by atoms with van der Waals surface area (Å²) >= 11 is 0. The fourth-order valence-electron chi connectivity index (χ4n) is 5.40. The summed E-state index contributed by atoms with van der Waals surface area (Å²) < 4.78 is 0. The van der Waals surface area contributed by atoms with Crippen LogP contribution in [-0.2, 0) is 0 Å². The number of aromatic nitrogens is 3.